The van der Waals surface area contributed by atoms with E-state index in [1.807, 2.05) is 0 Å². The van der Waals surface area contributed by atoms with Crippen molar-refractivity contribution in [3.63, 3.8) is 0 Å². The molecule has 1 aromatic rings. The fourth-order valence-corrected chi connectivity index (χ4v) is 1.54. The Morgan fingerprint density at radius 1 is 1.38 bits per heavy atom. The standard InChI is InChI=1S/C14H16N2O5/c1-2-21-14(18)9-10-15-13(17)8-7-11-5-3-4-6-12(11)16(19)20/h3-8H,2,9-10H2,1H3,(H,15,17). The summed E-state index contributed by atoms with van der Waals surface area (Å²) < 4.78 is 4.71. The summed E-state index contributed by atoms with van der Waals surface area (Å²) in [7, 11) is 0. The Bertz CT molecular complexity index is 554. The summed E-state index contributed by atoms with van der Waals surface area (Å²) in [4.78, 5) is 32.9. The Balaban J connectivity index is 2.51. The number of nitro groups is 1. The topological polar surface area (TPSA) is 98.5 Å². The average Bonchev–Trinajstić information content (AvgIpc) is 2.45. The minimum atomic E-state index is -0.516. The van der Waals surface area contributed by atoms with E-state index in [4.69, 9.17) is 4.74 Å². The van der Waals surface area contributed by atoms with E-state index in [0.29, 0.717) is 12.2 Å². The minimum Gasteiger partial charge on any atom is -0.466 e. The molecule has 0 fully saturated rings. The molecule has 0 saturated heterocycles. The summed E-state index contributed by atoms with van der Waals surface area (Å²) in [6.07, 6.45) is 2.63. The van der Waals surface area contributed by atoms with Crippen LogP contribution in [0.3, 0.4) is 0 Å². The van der Waals surface area contributed by atoms with E-state index in [9.17, 15) is 19.7 Å². The lowest BCUT2D eigenvalue weighted by Gasteiger charge is -2.02. The van der Waals surface area contributed by atoms with E-state index in [2.05, 4.69) is 5.32 Å². The van der Waals surface area contributed by atoms with Crippen LogP contribution in [0.15, 0.2) is 30.3 Å². The van der Waals surface area contributed by atoms with Gasteiger partial charge in [0, 0.05) is 18.7 Å². The van der Waals surface area contributed by atoms with Crippen LogP contribution in [0.25, 0.3) is 6.08 Å². The van der Waals surface area contributed by atoms with E-state index >= 15 is 0 Å². The van der Waals surface area contributed by atoms with Crippen molar-refractivity contribution >= 4 is 23.6 Å². The van der Waals surface area contributed by atoms with Crippen molar-refractivity contribution in [2.45, 2.75) is 13.3 Å². The number of benzene rings is 1. The Morgan fingerprint density at radius 3 is 2.76 bits per heavy atom. The molecule has 1 rings (SSSR count). The summed E-state index contributed by atoms with van der Waals surface area (Å²) in [5.41, 5.74) is 0.260. The monoisotopic (exact) mass is 292 g/mol. The molecule has 0 aliphatic heterocycles. The number of rotatable bonds is 7. The first-order valence-corrected chi connectivity index (χ1v) is 6.39. The first kappa shape index (κ1) is 16.4. The zero-order valence-electron chi connectivity index (χ0n) is 11.6. The van der Waals surface area contributed by atoms with Crippen molar-refractivity contribution in [1.29, 1.82) is 0 Å². The molecule has 21 heavy (non-hydrogen) atoms. The van der Waals surface area contributed by atoms with Gasteiger partial charge in [0.1, 0.15) is 0 Å². The highest BCUT2D eigenvalue weighted by Crippen LogP contribution is 2.18. The van der Waals surface area contributed by atoms with Gasteiger partial charge in [0.25, 0.3) is 5.69 Å². The number of nitrogens with one attached hydrogen (secondary N) is 1. The van der Waals surface area contributed by atoms with Gasteiger partial charge in [-0.05, 0) is 19.1 Å². The molecule has 0 atom stereocenters. The molecule has 0 aromatic heterocycles. The third-order valence-electron chi connectivity index (χ3n) is 2.48. The Labute approximate surface area is 121 Å². The van der Waals surface area contributed by atoms with Gasteiger partial charge in [0.15, 0.2) is 0 Å². The average molecular weight is 292 g/mol. The van der Waals surface area contributed by atoms with Crippen LogP contribution < -0.4 is 5.32 Å². The highest BCUT2D eigenvalue weighted by atomic mass is 16.6. The molecule has 0 saturated carbocycles. The molecule has 1 aromatic carbocycles. The summed E-state index contributed by atoms with van der Waals surface area (Å²) in [6.45, 7) is 2.15. The first-order chi connectivity index (χ1) is 10.0. The van der Waals surface area contributed by atoms with Gasteiger partial charge in [-0.15, -0.1) is 0 Å². The van der Waals surface area contributed by atoms with Crippen molar-refractivity contribution in [3.05, 3.63) is 46.0 Å². The molecule has 7 heteroatoms. The fraction of sp³-hybridized carbons (Fsp3) is 0.286. The first-order valence-electron chi connectivity index (χ1n) is 6.39. The van der Waals surface area contributed by atoms with Gasteiger partial charge >= 0.3 is 5.97 Å². The van der Waals surface area contributed by atoms with Crippen molar-refractivity contribution in [2.75, 3.05) is 13.2 Å². The molecule has 0 radical (unpaired) electrons. The number of ether oxygens (including phenoxy) is 1. The molecule has 0 bridgehead atoms. The maximum Gasteiger partial charge on any atom is 0.307 e. The zero-order chi connectivity index (χ0) is 15.7. The van der Waals surface area contributed by atoms with Crippen molar-refractivity contribution in [1.82, 2.24) is 5.32 Å². The second kappa shape index (κ2) is 8.47. The van der Waals surface area contributed by atoms with E-state index < -0.39 is 10.8 Å². The lowest BCUT2D eigenvalue weighted by molar-refractivity contribution is -0.385. The quantitative estimate of drug-likeness (QED) is 0.357. The van der Waals surface area contributed by atoms with Gasteiger partial charge in [-0.1, -0.05) is 12.1 Å². The van der Waals surface area contributed by atoms with Crippen LogP contribution in [0.5, 0.6) is 0 Å². The second-order valence-corrected chi connectivity index (χ2v) is 4.00. The number of carbonyl (C=O) groups excluding carboxylic acids is 2. The lowest BCUT2D eigenvalue weighted by atomic mass is 10.1. The molecule has 0 heterocycles. The summed E-state index contributed by atoms with van der Waals surface area (Å²) in [5, 5.41) is 13.3. The third-order valence-corrected chi connectivity index (χ3v) is 2.48. The molecule has 0 aliphatic rings. The highest BCUT2D eigenvalue weighted by Gasteiger charge is 2.09. The van der Waals surface area contributed by atoms with E-state index in [1.54, 1.807) is 25.1 Å². The van der Waals surface area contributed by atoms with Crippen LogP contribution in [-0.2, 0) is 14.3 Å². The Hall–Kier alpha value is -2.70. The lowest BCUT2D eigenvalue weighted by Crippen LogP contribution is -2.24. The summed E-state index contributed by atoms with van der Waals surface area (Å²) >= 11 is 0. The SMILES string of the molecule is CCOC(=O)CCNC(=O)C=Cc1ccccc1[N+](=O)[O-]. The van der Waals surface area contributed by atoms with Gasteiger partial charge in [-0.3, -0.25) is 19.7 Å². The normalized spacial score (nSPS) is 10.3. The Kier molecular flexibility index (Phi) is 6.59. The smallest absolute Gasteiger partial charge is 0.307 e. The molecule has 1 N–H and O–H groups in total. The molecule has 7 nitrogen and oxygen atoms in total. The number of esters is 1. The fourth-order valence-electron chi connectivity index (χ4n) is 1.54. The van der Waals surface area contributed by atoms with Gasteiger partial charge < -0.3 is 10.1 Å². The van der Waals surface area contributed by atoms with Crippen molar-refractivity contribution in [3.8, 4) is 0 Å². The number of carbonyl (C=O) groups is 2. The number of para-hydroxylation sites is 1. The number of amides is 1. The van der Waals surface area contributed by atoms with E-state index in [0.717, 1.165) is 0 Å². The highest BCUT2D eigenvalue weighted by molar-refractivity contribution is 5.92. The zero-order valence-corrected chi connectivity index (χ0v) is 11.6. The maximum absolute atomic E-state index is 11.5. The number of nitrogens with zero attached hydrogens (tertiary/aromatic N) is 1. The van der Waals surface area contributed by atoms with Crippen LogP contribution in [0.1, 0.15) is 18.9 Å². The van der Waals surface area contributed by atoms with E-state index in [-0.39, 0.29) is 24.6 Å². The predicted octanol–water partition coefficient (Wildman–Crippen LogP) is 1.68. The molecule has 1 amide bonds. The number of hydrogen-bond donors (Lipinski definition) is 1. The van der Waals surface area contributed by atoms with Gasteiger partial charge in [-0.25, -0.2) is 0 Å². The molecule has 0 unspecified atom stereocenters. The second-order valence-electron chi connectivity index (χ2n) is 4.00. The molecular weight excluding hydrogens is 276 g/mol. The molecule has 0 spiro atoms. The maximum atomic E-state index is 11.5. The van der Waals surface area contributed by atoms with Crippen LogP contribution in [0, 0.1) is 10.1 Å². The molecular formula is C14H16N2O5. The van der Waals surface area contributed by atoms with Gasteiger partial charge in [0.05, 0.1) is 23.5 Å². The number of hydrogen-bond acceptors (Lipinski definition) is 5. The predicted molar refractivity (Wildman–Crippen MR) is 76.4 cm³/mol. The Morgan fingerprint density at radius 2 is 2.10 bits per heavy atom. The van der Waals surface area contributed by atoms with E-state index in [1.165, 1.54) is 18.2 Å². The van der Waals surface area contributed by atoms with Crippen LogP contribution >= 0.6 is 0 Å². The van der Waals surface area contributed by atoms with Crippen molar-refractivity contribution in [2.24, 2.45) is 0 Å². The van der Waals surface area contributed by atoms with Crippen LogP contribution in [0.4, 0.5) is 5.69 Å². The summed E-state index contributed by atoms with van der Waals surface area (Å²) in [5.74, 6) is -0.821. The molecule has 0 aliphatic carbocycles. The van der Waals surface area contributed by atoms with Crippen LogP contribution in [0.2, 0.25) is 0 Å². The number of nitro benzene ring substituents is 1. The van der Waals surface area contributed by atoms with Crippen molar-refractivity contribution < 1.29 is 19.2 Å². The minimum absolute atomic E-state index is 0.0759. The third kappa shape index (κ3) is 5.85. The summed E-state index contributed by atoms with van der Waals surface area (Å²) in [6, 6.07) is 6.10. The van der Waals surface area contributed by atoms with Crippen LogP contribution in [-0.4, -0.2) is 30.0 Å². The van der Waals surface area contributed by atoms with Gasteiger partial charge in [-0.2, -0.15) is 0 Å². The van der Waals surface area contributed by atoms with Gasteiger partial charge in [0.2, 0.25) is 5.91 Å². The molecule has 112 valence electrons. The largest absolute Gasteiger partial charge is 0.466 e.